The minimum absolute atomic E-state index is 0.0179. The van der Waals surface area contributed by atoms with Gasteiger partial charge < -0.3 is 9.64 Å². The molecule has 0 radical (unpaired) electrons. The Balaban J connectivity index is 1.95. The van der Waals surface area contributed by atoms with E-state index in [2.05, 4.69) is 5.10 Å². The number of rotatable bonds is 4. The lowest BCUT2D eigenvalue weighted by atomic mass is 10.1. The van der Waals surface area contributed by atoms with Crippen LogP contribution in [0.3, 0.4) is 0 Å². The topological polar surface area (TPSA) is 47.4 Å². The van der Waals surface area contributed by atoms with Crippen molar-refractivity contribution in [1.82, 2.24) is 14.7 Å². The molecule has 6 heteroatoms. The number of hydrogen-bond acceptors (Lipinski definition) is 3. The Labute approximate surface area is 140 Å². The normalized spacial score (nSPS) is 17.4. The summed E-state index contributed by atoms with van der Waals surface area (Å²) in [6.07, 6.45) is 3.21. The molecule has 1 saturated heterocycles. The van der Waals surface area contributed by atoms with Gasteiger partial charge in [0, 0.05) is 13.7 Å². The molecule has 1 unspecified atom stereocenters. The van der Waals surface area contributed by atoms with Gasteiger partial charge in [0.05, 0.1) is 40.8 Å². The Morgan fingerprint density at radius 2 is 2.26 bits per heavy atom. The Hall–Kier alpha value is -1.85. The van der Waals surface area contributed by atoms with Gasteiger partial charge in [-0.25, -0.2) is 4.68 Å². The number of para-hydroxylation sites is 1. The molecule has 23 heavy (non-hydrogen) atoms. The van der Waals surface area contributed by atoms with Crippen LogP contribution >= 0.6 is 11.6 Å². The summed E-state index contributed by atoms with van der Waals surface area (Å²) in [6.45, 7) is 3.32. The fraction of sp³-hybridized carbons (Fsp3) is 0.412. The van der Waals surface area contributed by atoms with Crippen molar-refractivity contribution >= 4 is 17.5 Å². The highest BCUT2D eigenvalue weighted by Gasteiger charge is 2.28. The first-order valence-electron chi connectivity index (χ1n) is 7.80. The monoisotopic (exact) mass is 333 g/mol. The first-order chi connectivity index (χ1) is 11.1. The molecule has 0 spiro atoms. The van der Waals surface area contributed by atoms with Crippen LogP contribution in [0.15, 0.2) is 30.5 Å². The van der Waals surface area contributed by atoms with Gasteiger partial charge in [-0.3, -0.25) is 4.79 Å². The zero-order valence-electron chi connectivity index (χ0n) is 13.3. The van der Waals surface area contributed by atoms with E-state index in [-0.39, 0.29) is 11.9 Å². The summed E-state index contributed by atoms with van der Waals surface area (Å²) in [4.78, 5) is 14.6. The minimum Gasteiger partial charge on any atom is -0.379 e. The zero-order valence-corrected chi connectivity index (χ0v) is 14.1. The first-order valence-corrected chi connectivity index (χ1v) is 8.18. The van der Waals surface area contributed by atoms with Gasteiger partial charge in [0.25, 0.3) is 5.91 Å². The highest BCUT2D eigenvalue weighted by atomic mass is 35.5. The number of hydrogen-bond donors (Lipinski definition) is 0. The molecule has 0 aliphatic carbocycles. The Morgan fingerprint density at radius 3 is 2.91 bits per heavy atom. The molecule has 2 aromatic rings. The fourth-order valence-electron chi connectivity index (χ4n) is 2.91. The minimum atomic E-state index is -0.0179. The summed E-state index contributed by atoms with van der Waals surface area (Å²) >= 11 is 6.27. The summed E-state index contributed by atoms with van der Waals surface area (Å²) in [5.41, 5.74) is 2.28. The average molecular weight is 334 g/mol. The van der Waals surface area contributed by atoms with Crippen LogP contribution in [-0.2, 0) is 11.2 Å². The molecule has 1 amide bonds. The van der Waals surface area contributed by atoms with Crippen LogP contribution in [0.4, 0.5) is 0 Å². The third kappa shape index (κ3) is 2.99. The van der Waals surface area contributed by atoms with E-state index in [0.29, 0.717) is 30.2 Å². The molecular weight excluding hydrogens is 314 g/mol. The van der Waals surface area contributed by atoms with E-state index in [1.165, 1.54) is 0 Å². The number of nitrogens with zero attached hydrogens (tertiary/aromatic N) is 3. The molecule has 2 heterocycles. The van der Waals surface area contributed by atoms with Crippen molar-refractivity contribution in [3.05, 3.63) is 46.7 Å². The van der Waals surface area contributed by atoms with Crippen LogP contribution in [0.5, 0.6) is 0 Å². The molecule has 1 aromatic heterocycles. The van der Waals surface area contributed by atoms with Crippen molar-refractivity contribution in [3.8, 4) is 5.69 Å². The zero-order chi connectivity index (χ0) is 16.4. The lowest BCUT2D eigenvalue weighted by Crippen LogP contribution is -2.37. The summed E-state index contributed by atoms with van der Waals surface area (Å²) in [5.74, 6) is -0.0179. The Kier molecular flexibility index (Phi) is 4.68. The average Bonchev–Trinajstić information content (AvgIpc) is 3.23. The van der Waals surface area contributed by atoms with E-state index in [1.807, 2.05) is 38.2 Å². The van der Waals surface area contributed by atoms with Gasteiger partial charge in [-0.05, 0) is 25.0 Å². The van der Waals surface area contributed by atoms with Crippen LogP contribution in [0.2, 0.25) is 5.02 Å². The largest absolute Gasteiger partial charge is 0.379 e. The third-order valence-electron chi connectivity index (χ3n) is 4.29. The number of likely N-dealkylation sites (N-methyl/N-ethyl adjacent to an activating group) is 1. The highest BCUT2D eigenvalue weighted by Crippen LogP contribution is 2.24. The Morgan fingerprint density at radius 1 is 1.48 bits per heavy atom. The van der Waals surface area contributed by atoms with E-state index in [9.17, 15) is 4.79 Å². The molecule has 1 fully saturated rings. The number of benzene rings is 1. The summed E-state index contributed by atoms with van der Waals surface area (Å²) < 4.78 is 7.14. The van der Waals surface area contributed by atoms with Crippen molar-refractivity contribution in [1.29, 1.82) is 0 Å². The van der Waals surface area contributed by atoms with Crippen molar-refractivity contribution in [3.63, 3.8) is 0 Å². The number of halogens is 1. The molecule has 122 valence electrons. The molecule has 3 rings (SSSR count). The van der Waals surface area contributed by atoms with Crippen molar-refractivity contribution < 1.29 is 9.53 Å². The van der Waals surface area contributed by atoms with Crippen molar-refractivity contribution in [2.24, 2.45) is 0 Å². The Bertz CT molecular complexity index is 708. The molecule has 0 bridgehead atoms. The second-order valence-corrected chi connectivity index (χ2v) is 6.06. The molecule has 0 N–H and O–H groups in total. The summed E-state index contributed by atoms with van der Waals surface area (Å²) in [5, 5.41) is 5.01. The van der Waals surface area contributed by atoms with Crippen molar-refractivity contribution in [2.75, 3.05) is 20.3 Å². The van der Waals surface area contributed by atoms with Crippen LogP contribution in [0.1, 0.15) is 29.4 Å². The molecule has 5 nitrogen and oxygen atoms in total. The predicted octanol–water partition coefficient (Wildman–Crippen LogP) is 2.95. The molecule has 1 aliphatic heterocycles. The van der Waals surface area contributed by atoms with Crippen molar-refractivity contribution in [2.45, 2.75) is 25.8 Å². The highest BCUT2D eigenvalue weighted by molar-refractivity contribution is 6.32. The standard InChI is InChI=1S/C17H20ClN3O2/c1-3-15-13(17(22)20(2)12-8-9-23-11-12)10-19-21(15)16-7-5-4-6-14(16)18/h4-7,10,12H,3,8-9,11H2,1-2H3. The number of amides is 1. The smallest absolute Gasteiger partial charge is 0.257 e. The maximum absolute atomic E-state index is 12.8. The van der Waals surface area contributed by atoms with Crippen LogP contribution < -0.4 is 0 Å². The second-order valence-electron chi connectivity index (χ2n) is 5.66. The van der Waals surface area contributed by atoms with Crippen LogP contribution in [0.25, 0.3) is 5.69 Å². The van der Waals surface area contributed by atoms with Gasteiger partial charge in [-0.15, -0.1) is 0 Å². The first kappa shape index (κ1) is 16.0. The number of aromatic nitrogens is 2. The van der Waals surface area contributed by atoms with Gasteiger partial charge in [-0.2, -0.15) is 5.10 Å². The maximum Gasteiger partial charge on any atom is 0.257 e. The van der Waals surface area contributed by atoms with Crippen LogP contribution in [0, 0.1) is 0 Å². The molecular formula is C17H20ClN3O2. The third-order valence-corrected chi connectivity index (χ3v) is 4.61. The summed E-state index contributed by atoms with van der Waals surface area (Å²) in [6, 6.07) is 7.64. The van der Waals surface area contributed by atoms with Gasteiger partial charge >= 0.3 is 0 Å². The van der Waals surface area contributed by atoms with Gasteiger partial charge in [0.2, 0.25) is 0 Å². The van der Waals surface area contributed by atoms with Gasteiger partial charge in [-0.1, -0.05) is 30.7 Å². The maximum atomic E-state index is 12.8. The van der Waals surface area contributed by atoms with E-state index in [4.69, 9.17) is 16.3 Å². The molecule has 1 atom stereocenters. The molecule has 0 saturated carbocycles. The van der Waals surface area contributed by atoms with E-state index >= 15 is 0 Å². The molecule has 1 aromatic carbocycles. The lowest BCUT2D eigenvalue weighted by molar-refractivity contribution is 0.0710. The van der Waals surface area contributed by atoms with Gasteiger partial charge in [0.15, 0.2) is 0 Å². The summed E-state index contributed by atoms with van der Waals surface area (Å²) in [7, 11) is 1.83. The number of ether oxygens (including phenoxy) is 1. The molecule has 1 aliphatic rings. The number of carbonyl (C=O) groups is 1. The predicted molar refractivity (Wildman–Crippen MR) is 89.3 cm³/mol. The van der Waals surface area contributed by atoms with E-state index in [1.54, 1.807) is 15.8 Å². The van der Waals surface area contributed by atoms with E-state index < -0.39 is 0 Å². The van der Waals surface area contributed by atoms with Crippen LogP contribution in [-0.4, -0.2) is 46.9 Å². The van der Waals surface area contributed by atoms with E-state index in [0.717, 1.165) is 17.8 Å². The lowest BCUT2D eigenvalue weighted by Gasteiger charge is -2.23. The number of carbonyl (C=O) groups excluding carboxylic acids is 1. The quantitative estimate of drug-likeness (QED) is 0.864. The SMILES string of the molecule is CCc1c(C(=O)N(C)C2CCOC2)cnn1-c1ccccc1Cl. The second kappa shape index (κ2) is 6.72. The van der Waals surface area contributed by atoms with Gasteiger partial charge in [0.1, 0.15) is 0 Å². The fourth-order valence-corrected chi connectivity index (χ4v) is 3.12.